The Morgan fingerprint density at radius 2 is 1.44 bits per heavy atom. The van der Waals surface area contributed by atoms with Gasteiger partial charge in [0.05, 0.1) is 19.7 Å². The first-order valence-electron chi connectivity index (χ1n) is 9.13. The fraction of sp³-hybridized carbons (Fsp3) is 0.333. The average molecular weight is 364 g/mol. The molecular formula is C21H24N4O2. The van der Waals surface area contributed by atoms with Gasteiger partial charge in [-0.1, -0.05) is 17.7 Å². The Bertz CT molecular complexity index is 935. The second-order valence-corrected chi connectivity index (χ2v) is 6.73. The summed E-state index contributed by atoms with van der Waals surface area (Å²) < 4.78 is 10.9. The molecule has 0 N–H and O–H groups in total. The third-order valence-corrected chi connectivity index (χ3v) is 5.10. The zero-order chi connectivity index (χ0) is 18.8. The number of hydrogen-bond acceptors (Lipinski definition) is 6. The largest absolute Gasteiger partial charge is 0.493 e. The van der Waals surface area contributed by atoms with Gasteiger partial charge in [0.15, 0.2) is 11.5 Å². The Balaban J connectivity index is 1.59. The number of nitrogens with zero attached hydrogens (tertiary/aromatic N) is 4. The number of hydrogen-bond donors (Lipinski definition) is 0. The SMILES string of the molecule is COc1cc2ncnc(N3CCN(c4ccc(C)cc4)CC3)c2cc1OC. The summed E-state index contributed by atoms with van der Waals surface area (Å²) in [5, 5.41) is 0.985. The van der Waals surface area contributed by atoms with Gasteiger partial charge in [0.25, 0.3) is 0 Å². The van der Waals surface area contributed by atoms with E-state index in [0.29, 0.717) is 11.5 Å². The Hall–Kier alpha value is -3.02. The molecule has 3 aromatic rings. The standard InChI is InChI=1S/C21H24N4O2/c1-15-4-6-16(7-5-15)24-8-10-25(11-9-24)21-17-12-19(26-2)20(27-3)13-18(17)22-14-23-21/h4-7,12-14H,8-11H2,1-3H3. The van der Waals surface area contributed by atoms with Gasteiger partial charge in [-0.05, 0) is 25.1 Å². The van der Waals surface area contributed by atoms with Crippen molar-refractivity contribution in [2.45, 2.75) is 6.92 Å². The fourth-order valence-electron chi connectivity index (χ4n) is 3.55. The third-order valence-electron chi connectivity index (χ3n) is 5.10. The van der Waals surface area contributed by atoms with Crippen LogP contribution in [0.25, 0.3) is 10.9 Å². The molecule has 0 spiro atoms. The van der Waals surface area contributed by atoms with E-state index in [1.165, 1.54) is 11.3 Å². The van der Waals surface area contributed by atoms with Crippen molar-refractivity contribution in [3.63, 3.8) is 0 Å². The summed E-state index contributed by atoms with van der Waals surface area (Å²) in [6, 6.07) is 12.6. The molecule has 1 aromatic heterocycles. The van der Waals surface area contributed by atoms with Gasteiger partial charge in [-0.15, -0.1) is 0 Å². The molecule has 6 heteroatoms. The second kappa shape index (κ2) is 7.31. The molecular weight excluding hydrogens is 340 g/mol. The minimum Gasteiger partial charge on any atom is -0.493 e. The van der Waals surface area contributed by atoms with Gasteiger partial charge in [-0.25, -0.2) is 9.97 Å². The molecule has 0 bridgehead atoms. The number of methoxy groups -OCH3 is 2. The topological polar surface area (TPSA) is 50.7 Å². The Kier molecular flexibility index (Phi) is 4.71. The van der Waals surface area contributed by atoms with E-state index in [-0.39, 0.29) is 0 Å². The molecule has 2 heterocycles. The predicted octanol–water partition coefficient (Wildman–Crippen LogP) is 3.28. The molecule has 6 nitrogen and oxygen atoms in total. The van der Waals surface area contributed by atoms with Crippen molar-refractivity contribution in [1.82, 2.24) is 9.97 Å². The molecule has 1 aliphatic rings. The van der Waals surface area contributed by atoms with Crippen LogP contribution in [0.1, 0.15) is 5.56 Å². The van der Waals surface area contributed by atoms with Crippen LogP contribution in [0.15, 0.2) is 42.7 Å². The summed E-state index contributed by atoms with van der Waals surface area (Å²) in [7, 11) is 3.28. The Labute approximate surface area is 159 Å². The van der Waals surface area contributed by atoms with E-state index in [4.69, 9.17) is 9.47 Å². The summed E-state index contributed by atoms with van der Waals surface area (Å²) in [6.07, 6.45) is 1.62. The molecule has 0 amide bonds. The van der Waals surface area contributed by atoms with Gasteiger partial charge in [0.2, 0.25) is 0 Å². The van der Waals surface area contributed by atoms with Crippen molar-refractivity contribution in [2.75, 3.05) is 50.2 Å². The summed E-state index contributed by atoms with van der Waals surface area (Å²) in [4.78, 5) is 13.7. The lowest BCUT2D eigenvalue weighted by Crippen LogP contribution is -2.46. The number of fused-ring (bicyclic) bond motifs is 1. The van der Waals surface area contributed by atoms with Crippen LogP contribution < -0.4 is 19.3 Å². The lowest BCUT2D eigenvalue weighted by Gasteiger charge is -2.37. The normalized spacial score (nSPS) is 14.5. The fourth-order valence-corrected chi connectivity index (χ4v) is 3.55. The summed E-state index contributed by atoms with van der Waals surface area (Å²) in [5.41, 5.74) is 3.42. The highest BCUT2D eigenvalue weighted by molar-refractivity contribution is 5.92. The molecule has 0 aliphatic carbocycles. The van der Waals surface area contributed by atoms with E-state index in [1.807, 2.05) is 12.1 Å². The first-order valence-corrected chi connectivity index (χ1v) is 9.13. The minimum absolute atomic E-state index is 0.679. The van der Waals surface area contributed by atoms with E-state index >= 15 is 0 Å². The maximum Gasteiger partial charge on any atom is 0.162 e. The van der Waals surface area contributed by atoms with Crippen LogP contribution in [-0.4, -0.2) is 50.4 Å². The molecule has 4 rings (SSSR count). The molecule has 0 unspecified atom stereocenters. The molecule has 140 valence electrons. The monoisotopic (exact) mass is 364 g/mol. The van der Waals surface area contributed by atoms with Crippen LogP contribution in [0.3, 0.4) is 0 Å². The van der Waals surface area contributed by atoms with Gasteiger partial charge in [-0.2, -0.15) is 0 Å². The van der Waals surface area contributed by atoms with Gasteiger partial charge < -0.3 is 19.3 Å². The van der Waals surface area contributed by atoms with Crippen molar-refractivity contribution in [2.24, 2.45) is 0 Å². The maximum atomic E-state index is 5.46. The second-order valence-electron chi connectivity index (χ2n) is 6.73. The summed E-state index contributed by atoms with van der Waals surface area (Å²) in [5.74, 6) is 2.32. The van der Waals surface area contributed by atoms with Crippen molar-refractivity contribution in [3.05, 3.63) is 48.3 Å². The van der Waals surface area contributed by atoms with E-state index < -0.39 is 0 Å². The van der Waals surface area contributed by atoms with Crippen LogP contribution in [0, 0.1) is 6.92 Å². The van der Waals surface area contributed by atoms with Gasteiger partial charge in [0.1, 0.15) is 12.1 Å². The minimum atomic E-state index is 0.679. The molecule has 0 radical (unpaired) electrons. The number of aromatic nitrogens is 2. The number of piperazine rings is 1. The summed E-state index contributed by atoms with van der Waals surface area (Å²) in [6.45, 7) is 5.86. The van der Waals surface area contributed by atoms with E-state index in [0.717, 1.165) is 42.9 Å². The average Bonchev–Trinajstić information content (AvgIpc) is 2.73. The van der Waals surface area contributed by atoms with E-state index in [1.54, 1.807) is 20.5 Å². The number of rotatable bonds is 4. The molecule has 1 aliphatic heterocycles. The van der Waals surface area contributed by atoms with Crippen molar-refractivity contribution < 1.29 is 9.47 Å². The van der Waals surface area contributed by atoms with Gasteiger partial charge in [-0.3, -0.25) is 0 Å². The Morgan fingerprint density at radius 1 is 0.815 bits per heavy atom. The van der Waals surface area contributed by atoms with Crippen molar-refractivity contribution >= 4 is 22.4 Å². The maximum absolute atomic E-state index is 5.46. The highest BCUT2D eigenvalue weighted by atomic mass is 16.5. The molecule has 1 fully saturated rings. The zero-order valence-electron chi connectivity index (χ0n) is 16.0. The molecule has 0 atom stereocenters. The summed E-state index contributed by atoms with van der Waals surface area (Å²) >= 11 is 0. The quantitative estimate of drug-likeness (QED) is 0.708. The van der Waals surface area contributed by atoms with Crippen molar-refractivity contribution in [1.29, 1.82) is 0 Å². The van der Waals surface area contributed by atoms with Gasteiger partial charge in [0, 0.05) is 43.3 Å². The van der Waals surface area contributed by atoms with Crippen LogP contribution >= 0.6 is 0 Å². The molecule has 0 saturated carbocycles. The van der Waals surface area contributed by atoms with E-state index in [9.17, 15) is 0 Å². The highest BCUT2D eigenvalue weighted by Crippen LogP contribution is 2.35. The Morgan fingerprint density at radius 3 is 2.11 bits per heavy atom. The number of anilines is 2. The lowest BCUT2D eigenvalue weighted by molar-refractivity contribution is 0.356. The predicted molar refractivity (Wildman–Crippen MR) is 108 cm³/mol. The van der Waals surface area contributed by atoms with Gasteiger partial charge >= 0.3 is 0 Å². The third kappa shape index (κ3) is 3.35. The van der Waals surface area contributed by atoms with Crippen LogP contribution in [-0.2, 0) is 0 Å². The first-order chi connectivity index (χ1) is 13.2. The first kappa shape index (κ1) is 17.4. The zero-order valence-corrected chi connectivity index (χ0v) is 16.0. The lowest BCUT2D eigenvalue weighted by atomic mass is 10.1. The molecule has 2 aromatic carbocycles. The number of ether oxygens (including phenoxy) is 2. The number of benzene rings is 2. The van der Waals surface area contributed by atoms with Crippen molar-refractivity contribution in [3.8, 4) is 11.5 Å². The smallest absolute Gasteiger partial charge is 0.162 e. The number of aryl methyl sites for hydroxylation is 1. The molecule has 1 saturated heterocycles. The van der Waals surface area contributed by atoms with Crippen LogP contribution in [0.4, 0.5) is 11.5 Å². The van der Waals surface area contributed by atoms with Crippen LogP contribution in [0.2, 0.25) is 0 Å². The molecule has 27 heavy (non-hydrogen) atoms. The van der Waals surface area contributed by atoms with E-state index in [2.05, 4.69) is 51.0 Å². The highest BCUT2D eigenvalue weighted by Gasteiger charge is 2.21. The van der Waals surface area contributed by atoms with Crippen LogP contribution in [0.5, 0.6) is 11.5 Å².